The van der Waals surface area contributed by atoms with Crippen LogP contribution in [0.4, 0.5) is 13.2 Å². The van der Waals surface area contributed by atoms with Gasteiger partial charge in [-0.25, -0.2) is 0 Å². The van der Waals surface area contributed by atoms with Crippen molar-refractivity contribution in [1.82, 2.24) is 19.9 Å². The number of carbonyl (C=O) groups is 1. The lowest BCUT2D eigenvalue weighted by Gasteiger charge is -2.29. The van der Waals surface area contributed by atoms with Crippen LogP contribution in [0.15, 0.2) is 66.7 Å². The highest BCUT2D eigenvalue weighted by molar-refractivity contribution is 5.98. The van der Waals surface area contributed by atoms with Crippen LogP contribution in [0.25, 0.3) is 5.69 Å². The van der Waals surface area contributed by atoms with E-state index < -0.39 is 11.7 Å². The van der Waals surface area contributed by atoms with Crippen molar-refractivity contribution in [3.63, 3.8) is 0 Å². The van der Waals surface area contributed by atoms with Gasteiger partial charge in [0.05, 0.1) is 29.6 Å². The zero-order valence-corrected chi connectivity index (χ0v) is 18.6. The summed E-state index contributed by atoms with van der Waals surface area (Å²) in [6.07, 6.45) is 1.66. The van der Waals surface area contributed by atoms with Gasteiger partial charge in [-0.3, -0.25) is 4.79 Å². The fourth-order valence-corrected chi connectivity index (χ4v) is 3.14. The van der Waals surface area contributed by atoms with Crippen molar-refractivity contribution in [3.05, 3.63) is 77.9 Å². The highest BCUT2D eigenvalue weighted by atomic mass is 19.4. The van der Waals surface area contributed by atoms with Gasteiger partial charge < -0.3 is 9.64 Å². The van der Waals surface area contributed by atoms with E-state index in [-0.39, 0.29) is 24.3 Å². The first-order valence-electron chi connectivity index (χ1n) is 10.1. The molecule has 0 saturated heterocycles. The van der Waals surface area contributed by atoms with Gasteiger partial charge in [-0.15, -0.1) is 0 Å². The molecule has 32 heavy (non-hydrogen) atoms. The minimum Gasteiger partial charge on any atom is -0.492 e. The third-order valence-corrected chi connectivity index (χ3v) is 4.82. The van der Waals surface area contributed by atoms with Crippen molar-refractivity contribution >= 4 is 5.91 Å². The second kappa shape index (κ2) is 10.8. The Morgan fingerprint density at radius 1 is 1.28 bits per heavy atom. The van der Waals surface area contributed by atoms with Crippen LogP contribution < -0.4 is 0 Å². The quantitative estimate of drug-likeness (QED) is 0.399. The number of aryl methyl sites for hydroxylation is 1. The molecule has 0 saturated carbocycles. The van der Waals surface area contributed by atoms with Crippen LogP contribution in [0, 0.1) is 6.92 Å². The Kier molecular flexibility index (Phi) is 8.40. The SMILES string of the molecule is C=C(/C=C\C(=C/C)C(F)(F)F)OC[C@H](C)N(CC)C(=O)c1cccc(C)c1-n1nccn1. The molecule has 1 atom stereocenters. The number of halogens is 3. The minimum absolute atomic E-state index is 0.0703. The highest BCUT2D eigenvalue weighted by Gasteiger charge is 2.31. The first-order valence-corrected chi connectivity index (χ1v) is 10.1. The molecule has 0 spiro atoms. The summed E-state index contributed by atoms with van der Waals surface area (Å²) in [5, 5.41) is 8.29. The summed E-state index contributed by atoms with van der Waals surface area (Å²) in [7, 11) is 0. The lowest BCUT2D eigenvalue weighted by Crippen LogP contribution is -2.41. The topological polar surface area (TPSA) is 60.2 Å². The van der Waals surface area contributed by atoms with Gasteiger partial charge in [0.2, 0.25) is 0 Å². The number of carbonyl (C=O) groups excluding carboxylic acids is 1. The van der Waals surface area contributed by atoms with E-state index in [9.17, 15) is 18.0 Å². The van der Waals surface area contributed by atoms with Crippen molar-refractivity contribution in [2.45, 2.75) is 39.9 Å². The lowest BCUT2D eigenvalue weighted by molar-refractivity contribution is -0.0883. The molecule has 0 bridgehead atoms. The molecule has 0 aliphatic carbocycles. The van der Waals surface area contributed by atoms with Crippen LogP contribution in [-0.4, -0.2) is 51.2 Å². The number of benzene rings is 1. The normalized spacial score (nSPS) is 13.3. The lowest BCUT2D eigenvalue weighted by atomic mass is 10.1. The van der Waals surface area contributed by atoms with Gasteiger partial charge in [-0.1, -0.05) is 24.8 Å². The minimum atomic E-state index is -4.45. The third-order valence-electron chi connectivity index (χ3n) is 4.82. The number of allylic oxidation sites excluding steroid dienone is 4. The van der Waals surface area contributed by atoms with Crippen LogP contribution in [0.5, 0.6) is 0 Å². The zero-order chi connectivity index (χ0) is 23.9. The maximum Gasteiger partial charge on any atom is 0.416 e. The maximum absolute atomic E-state index is 13.3. The van der Waals surface area contributed by atoms with Gasteiger partial charge in [-0.05, 0) is 51.5 Å². The summed E-state index contributed by atoms with van der Waals surface area (Å²) >= 11 is 0. The summed E-state index contributed by atoms with van der Waals surface area (Å²) in [5.74, 6) is -0.157. The summed E-state index contributed by atoms with van der Waals surface area (Å²) in [4.78, 5) is 16.4. The average molecular weight is 448 g/mol. The molecule has 2 aromatic rings. The number of likely N-dealkylation sites (N-methyl/N-ethyl adjacent to an activating group) is 1. The Balaban J connectivity index is 2.12. The fraction of sp³-hybridized carbons (Fsp3) is 0.348. The van der Waals surface area contributed by atoms with Crippen molar-refractivity contribution < 1.29 is 22.7 Å². The Morgan fingerprint density at radius 3 is 2.50 bits per heavy atom. The molecule has 0 fully saturated rings. The molecule has 0 aliphatic heterocycles. The summed E-state index contributed by atoms with van der Waals surface area (Å²) in [6.45, 7) is 10.9. The van der Waals surface area contributed by atoms with Crippen molar-refractivity contribution in [2.75, 3.05) is 13.2 Å². The molecule has 1 aromatic heterocycles. The molecule has 172 valence electrons. The number of ether oxygens (including phenoxy) is 1. The number of amides is 1. The van der Waals surface area contributed by atoms with Gasteiger partial charge in [0.25, 0.3) is 5.91 Å². The largest absolute Gasteiger partial charge is 0.492 e. The first kappa shape index (κ1) is 24.9. The number of nitrogens with zero attached hydrogens (tertiary/aromatic N) is 4. The monoisotopic (exact) mass is 448 g/mol. The van der Waals surface area contributed by atoms with Crippen LogP contribution in [0.3, 0.4) is 0 Å². The smallest absolute Gasteiger partial charge is 0.416 e. The van der Waals surface area contributed by atoms with Crippen LogP contribution >= 0.6 is 0 Å². The number of alkyl halides is 3. The van der Waals surface area contributed by atoms with Crippen molar-refractivity contribution in [3.8, 4) is 5.69 Å². The van der Waals surface area contributed by atoms with Gasteiger partial charge >= 0.3 is 6.18 Å². The number of rotatable bonds is 9. The maximum atomic E-state index is 13.3. The van der Waals surface area contributed by atoms with Gasteiger partial charge in [-0.2, -0.15) is 28.2 Å². The summed E-state index contributed by atoms with van der Waals surface area (Å²) < 4.78 is 43.9. The van der Waals surface area contributed by atoms with Crippen LogP contribution in [0.1, 0.15) is 36.7 Å². The number of hydrogen-bond acceptors (Lipinski definition) is 4. The van der Waals surface area contributed by atoms with E-state index in [1.54, 1.807) is 24.0 Å². The average Bonchev–Trinajstić information content (AvgIpc) is 3.26. The van der Waals surface area contributed by atoms with Gasteiger partial charge in [0, 0.05) is 6.54 Å². The predicted molar refractivity (Wildman–Crippen MR) is 116 cm³/mol. The molecule has 0 aliphatic rings. The van der Waals surface area contributed by atoms with Crippen molar-refractivity contribution in [2.24, 2.45) is 0 Å². The van der Waals surface area contributed by atoms with E-state index in [0.29, 0.717) is 17.8 Å². The highest BCUT2D eigenvalue weighted by Crippen LogP contribution is 2.26. The van der Waals surface area contributed by atoms with Crippen molar-refractivity contribution in [1.29, 1.82) is 0 Å². The molecule has 0 unspecified atom stereocenters. The first-order chi connectivity index (χ1) is 15.1. The molecule has 6 nitrogen and oxygen atoms in total. The number of hydrogen-bond donors (Lipinski definition) is 0. The van der Waals surface area contributed by atoms with E-state index >= 15 is 0 Å². The molecular formula is C23H27F3N4O2. The summed E-state index contributed by atoms with van der Waals surface area (Å²) in [6, 6.07) is 5.01. The second-order valence-electron chi connectivity index (χ2n) is 7.08. The summed E-state index contributed by atoms with van der Waals surface area (Å²) in [5.41, 5.74) is 1.08. The van der Waals surface area contributed by atoms with E-state index in [2.05, 4.69) is 16.8 Å². The molecule has 0 N–H and O–H groups in total. The van der Waals surface area contributed by atoms with E-state index in [1.165, 1.54) is 24.1 Å². The molecule has 1 heterocycles. The Labute approximate surface area is 185 Å². The Hall–Kier alpha value is -3.36. The van der Waals surface area contributed by atoms with Crippen LogP contribution in [0.2, 0.25) is 0 Å². The molecule has 2 rings (SSSR count). The molecular weight excluding hydrogens is 421 g/mol. The Bertz CT molecular complexity index is 995. The molecule has 9 heteroatoms. The molecule has 0 radical (unpaired) electrons. The van der Waals surface area contributed by atoms with Gasteiger partial charge in [0.1, 0.15) is 18.1 Å². The van der Waals surface area contributed by atoms with Gasteiger partial charge in [0.15, 0.2) is 0 Å². The number of aromatic nitrogens is 3. The zero-order valence-electron chi connectivity index (χ0n) is 18.6. The third kappa shape index (κ3) is 6.09. The van der Waals surface area contributed by atoms with E-state index in [4.69, 9.17) is 4.74 Å². The Morgan fingerprint density at radius 2 is 1.94 bits per heavy atom. The molecule has 1 amide bonds. The standard InChI is InChI=1S/C23H27F3N4O2/c1-6-19(23(24,25)26)12-11-18(5)32-15-17(4)29(7-2)22(31)20-10-8-9-16(3)21(20)30-27-13-14-28-30/h6,8-14,17H,5,7,15H2,1-4H3/b12-11-,19-6+/t17-/m0/s1. The van der Waals surface area contributed by atoms with E-state index in [1.807, 2.05) is 19.9 Å². The number of para-hydroxylation sites is 1. The predicted octanol–water partition coefficient (Wildman–Crippen LogP) is 5.02. The second-order valence-corrected chi connectivity index (χ2v) is 7.08. The van der Waals surface area contributed by atoms with E-state index in [0.717, 1.165) is 23.8 Å². The van der Waals surface area contributed by atoms with Crippen LogP contribution in [-0.2, 0) is 4.74 Å². The fourth-order valence-electron chi connectivity index (χ4n) is 3.14. The molecule has 1 aromatic carbocycles.